The van der Waals surface area contributed by atoms with E-state index in [0.29, 0.717) is 12.1 Å². The zero-order chi connectivity index (χ0) is 17.4. The third kappa shape index (κ3) is 2.92. The van der Waals surface area contributed by atoms with E-state index >= 15 is 0 Å². The third-order valence-corrected chi connectivity index (χ3v) is 4.36. The number of nitrogens with one attached hydrogen (secondary N) is 3. The molecule has 5 nitrogen and oxygen atoms in total. The zero-order valence-corrected chi connectivity index (χ0v) is 13.7. The number of carbonyl (C=O) groups is 2. The van der Waals surface area contributed by atoms with Gasteiger partial charge in [0.1, 0.15) is 0 Å². The normalized spacial score (nSPS) is 12.6. The second kappa shape index (κ2) is 5.94. The first-order valence-corrected chi connectivity index (χ1v) is 8.09. The Hall–Kier alpha value is -3.34. The number of fused-ring (bicyclic) bond motifs is 2. The third-order valence-electron chi connectivity index (χ3n) is 4.36. The van der Waals surface area contributed by atoms with E-state index in [0.717, 1.165) is 33.3 Å². The lowest BCUT2D eigenvalue weighted by Crippen LogP contribution is -2.20. The average molecular weight is 331 g/mol. The molecule has 0 unspecified atom stereocenters. The summed E-state index contributed by atoms with van der Waals surface area (Å²) < 4.78 is 0. The van der Waals surface area contributed by atoms with Crippen LogP contribution in [0, 0.1) is 6.92 Å². The summed E-state index contributed by atoms with van der Waals surface area (Å²) in [5.74, 6) is -0.0250. The van der Waals surface area contributed by atoms with Crippen molar-refractivity contribution in [1.29, 1.82) is 0 Å². The van der Waals surface area contributed by atoms with Crippen LogP contribution in [0.25, 0.3) is 10.8 Å². The molecule has 0 aromatic heterocycles. The lowest BCUT2D eigenvalue weighted by molar-refractivity contribution is -0.115. The van der Waals surface area contributed by atoms with Gasteiger partial charge in [0.05, 0.1) is 12.1 Å². The number of urea groups is 1. The maximum Gasteiger partial charge on any atom is 0.323 e. The maximum atomic E-state index is 12.4. The zero-order valence-electron chi connectivity index (χ0n) is 13.7. The van der Waals surface area contributed by atoms with Crippen LogP contribution in [-0.2, 0) is 11.2 Å². The van der Waals surface area contributed by atoms with Gasteiger partial charge in [-0.2, -0.15) is 0 Å². The van der Waals surface area contributed by atoms with Gasteiger partial charge in [-0.3, -0.25) is 4.79 Å². The van der Waals surface area contributed by atoms with Gasteiger partial charge in [0, 0.05) is 16.8 Å². The van der Waals surface area contributed by atoms with Gasteiger partial charge in [-0.25, -0.2) is 4.79 Å². The summed E-state index contributed by atoms with van der Waals surface area (Å²) in [6, 6.07) is 17.1. The van der Waals surface area contributed by atoms with E-state index in [1.54, 1.807) is 12.1 Å². The molecule has 3 aromatic carbocycles. The Morgan fingerprint density at radius 2 is 1.88 bits per heavy atom. The van der Waals surface area contributed by atoms with E-state index in [9.17, 15) is 9.59 Å². The van der Waals surface area contributed by atoms with Crippen LogP contribution in [0.15, 0.2) is 54.6 Å². The first-order valence-electron chi connectivity index (χ1n) is 8.09. The van der Waals surface area contributed by atoms with Gasteiger partial charge >= 0.3 is 6.03 Å². The van der Waals surface area contributed by atoms with Crippen molar-refractivity contribution in [2.75, 3.05) is 16.0 Å². The summed E-state index contributed by atoms with van der Waals surface area (Å²) in [6.07, 6.45) is 0.342. The van der Waals surface area contributed by atoms with Gasteiger partial charge in [0.2, 0.25) is 5.91 Å². The maximum absolute atomic E-state index is 12.4. The molecule has 0 spiro atoms. The molecule has 1 aliphatic rings. The molecule has 3 N–H and O–H groups in total. The number of rotatable bonds is 2. The van der Waals surface area contributed by atoms with Gasteiger partial charge in [0.15, 0.2) is 0 Å². The van der Waals surface area contributed by atoms with E-state index < -0.39 is 0 Å². The van der Waals surface area contributed by atoms with Crippen molar-refractivity contribution in [3.63, 3.8) is 0 Å². The number of amides is 3. The Labute approximate surface area is 145 Å². The Kier molecular flexibility index (Phi) is 3.61. The summed E-state index contributed by atoms with van der Waals surface area (Å²) in [5, 5.41) is 10.6. The minimum absolute atomic E-state index is 0.0250. The largest absolute Gasteiger partial charge is 0.326 e. The van der Waals surface area contributed by atoms with Crippen molar-refractivity contribution in [2.45, 2.75) is 13.3 Å². The van der Waals surface area contributed by atoms with Gasteiger partial charge in [-0.1, -0.05) is 36.4 Å². The quantitative estimate of drug-likeness (QED) is 0.656. The molecule has 3 amide bonds. The van der Waals surface area contributed by atoms with Crippen molar-refractivity contribution in [3.05, 3.63) is 65.7 Å². The van der Waals surface area contributed by atoms with E-state index in [2.05, 4.69) is 16.0 Å². The number of carbonyl (C=O) groups excluding carboxylic acids is 2. The van der Waals surface area contributed by atoms with Crippen LogP contribution < -0.4 is 16.0 Å². The number of hydrogen-bond acceptors (Lipinski definition) is 2. The Morgan fingerprint density at radius 3 is 2.76 bits per heavy atom. The Bertz CT molecular complexity index is 1010. The topological polar surface area (TPSA) is 70.2 Å². The fourth-order valence-electron chi connectivity index (χ4n) is 3.13. The van der Waals surface area contributed by atoms with Crippen molar-refractivity contribution >= 4 is 39.8 Å². The summed E-state index contributed by atoms with van der Waals surface area (Å²) in [7, 11) is 0. The lowest BCUT2D eigenvalue weighted by Gasteiger charge is -2.13. The molecule has 0 aliphatic carbocycles. The lowest BCUT2D eigenvalue weighted by atomic mass is 10.0. The summed E-state index contributed by atoms with van der Waals surface area (Å²) in [4.78, 5) is 23.9. The van der Waals surface area contributed by atoms with Crippen molar-refractivity contribution in [1.82, 2.24) is 0 Å². The Morgan fingerprint density at radius 1 is 1.04 bits per heavy atom. The van der Waals surface area contributed by atoms with Gasteiger partial charge in [0.25, 0.3) is 0 Å². The van der Waals surface area contributed by atoms with Gasteiger partial charge < -0.3 is 16.0 Å². The first kappa shape index (κ1) is 15.2. The molecular weight excluding hydrogens is 314 g/mol. The van der Waals surface area contributed by atoms with Crippen LogP contribution in [-0.4, -0.2) is 11.9 Å². The fourth-order valence-corrected chi connectivity index (χ4v) is 3.13. The molecule has 0 saturated heterocycles. The molecule has 1 heterocycles. The van der Waals surface area contributed by atoms with Crippen LogP contribution in [0.5, 0.6) is 0 Å². The second-order valence-corrected chi connectivity index (χ2v) is 6.15. The molecule has 0 fully saturated rings. The summed E-state index contributed by atoms with van der Waals surface area (Å²) >= 11 is 0. The molecule has 0 saturated carbocycles. The number of benzene rings is 3. The summed E-state index contributed by atoms with van der Waals surface area (Å²) in [5.41, 5.74) is 4.15. The molecule has 124 valence electrons. The summed E-state index contributed by atoms with van der Waals surface area (Å²) in [6.45, 7) is 1.97. The molecule has 1 aliphatic heterocycles. The predicted octanol–water partition coefficient (Wildman–Crippen LogP) is 4.29. The highest BCUT2D eigenvalue weighted by molar-refractivity contribution is 6.07. The van der Waals surface area contributed by atoms with Gasteiger partial charge in [-0.05, 0) is 41.6 Å². The van der Waals surface area contributed by atoms with Crippen LogP contribution >= 0.6 is 0 Å². The molecule has 0 bridgehead atoms. The molecule has 3 aromatic rings. The van der Waals surface area contributed by atoms with Crippen molar-refractivity contribution < 1.29 is 9.59 Å². The highest BCUT2D eigenvalue weighted by Crippen LogP contribution is 2.28. The van der Waals surface area contributed by atoms with Crippen molar-refractivity contribution in [3.8, 4) is 0 Å². The standard InChI is InChI=1S/C20H17N3O2/c1-12-6-7-13-4-2-3-5-16(13)19(12)23-20(25)21-15-8-9-17-14(10-15)11-18(24)22-17/h2-10H,11H2,1H3,(H,22,24)(H2,21,23,25). The highest BCUT2D eigenvalue weighted by Gasteiger charge is 2.18. The predicted molar refractivity (Wildman–Crippen MR) is 100 cm³/mol. The molecule has 5 heteroatoms. The molecule has 0 radical (unpaired) electrons. The monoisotopic (exact) mass is 331 g/mol. The van der Waals surface area contributed by atoms with E-state index in [1.807, 2.05) is 49.4 Å². The second-order valence-electron chi connectivity index (χ2n) is 6.15. The van der Waals surface area contributed by atoms with E-state index in [1.165, 1.54) is 0 Å². The molecule has 4 rings (SSSR count). The molecular formula is C20H17N3O2. The highest BCUT2D eigenvalue weighted by atomic mass is 16.2. The Balaban J connectivity index is 1.57. The van der Waals surface area contributed by atoms with E-state index in [-0.39, 0.29) is 11.9 Å². The minimum Gasteiger partial charge on any atom is -0.326 e. The smallest absolute Gasteiger partial charge is 0.323 e. The van der Waals surface area contributed by atoms with Crippen LogP contribution in [0.3, 0.4) is 0 Å². The molecule has 25 heavy (non-hydrogen) atoms. The minimum atomic E-state index is -0.309. The van der Waals surface area contributed by atoms with E-state index in [4.69, 9.17) is 0 Å². The first-order chi connectivity index (χ1) is 12.1. The van der Waals surface area contributed by atoms with Gasteiger partial charge in [-0.15, -0.1) is 0 Å². The fraction of sp³-hybridized carbons (Fsp3) is 0.100. The SMILES string of the molecule is Cc1ccc2ccccc2c1NC(=O)Nc1ccc2c(c1)CC(=O)N2. The van der Waals surface area contributed by atoms with Crippen molar-refractivity contribution in [2.24, 2.45) is 0 Å². The number of hydrogen-bond donors (Lipinski definition) is 3. The van der Waals surface area contributed by atoms with Crippen LogP contribution in [0.1, 0.15) is 11.1 Å². The van der Waals surface area contributed by atoms with Crippen LogP contribution in [0.4, 0.5) is 21.9 Å². The number of aryl methyl sites for hydroxylation is 1. The number of anilines is 3. The average Bonchev–Trinajstić information content (AvgIpc) is 2.97. The molecule has 0 atom stereocenters. The van der Waals surface area contributed by atoms with Crippen LogP contribution in [0.2, 0.25) is 0 Å².